The molecular formula is C12H15N. The van der Waals surface area contributed by atoms with Crippen molar-refractivity contribution >= 4 is 0 Å². The average molecular weight is 173 g/mol. The Morgan fingerprint density at radius 2 is 2.23 bits per heavy atom. The van der Waals surface area contributed by atoms with Crippen molar-refractivity contribution < 1.29 is 0 Å². The third kappa shape index (κ3) is 0.969. The van der Waals surface area contributed by atoms with Crippen molar-refractivity contribution in [2.45, 2.75) is 31.2 Å². The van der Waals surface area contributed by atoms with Crippen LogP contribution in [0.25, 0.3) is 0 Å². The zero-order valence-corrected chi connectivity index (χ0v) is 8.01. The van der Waals surface area contributed by atoms with Crippen LogP contribution in [-0.4, -0.2) is 12.6 Å². The molecule has 13 heavy (non-hydrogen) atoms. The van der Waals surface area contributed by atoms with E-state index in [9.17, 15) is 0 Å². The molecule has 0 saturated carbocycles. The van der Waals surface area contributed by atoms with Crippen LogP contribution in [-0.2, 0) is 11.8 Å². The molecule has 1 aromatic carbocycles. The summed E-state index contributed by atoms with van der Waals surface area (Å²) in [6.07, 6.45) is 2.55. The second-order valence-electron chi connectivity index (χ2n) is 4.70. The van der Waals surface area contributed by atoms with Crippen LogP contribution in [0.2, 0.25) is 0 Å². The first-order valence-corrected chi connectivity index (χ1v) is 5.10. The summed E-state index contributed by atoms with van der Waals surface area (Å²) in [7, 11) is 0. The highest BCUT2D eigenvalue weighted by Gasteiger charge is 2.41. The van der Waals surface area contributed by atoms with E-state index in [2.05, 4.69) is 36.5 Å². The molecule has 1 fully saturated rings. The van der Waals surface area contributed by atoms with Gasteiger partial charge in [-0.25, -0.2) is 0 Å². The maximum atomic E-state index is 3.61. The van der Waals surface area contributed by atoms with Crippen LogP contribution in [0.15, 0.2) is 24.3 Å². The van der Waals surface area contributed by atoms with Crippen molar-refractivity contribution in [3.63, 3.8) is 0 Å². The molecule has 1 heterocycles. The van der Waals surface area contributed by atoms with E-state index in [1.165, 1.54) is 12.8 Å². The molecule has 1 N–H and O–H groups in total. The van der Waals surface area contributed by atoms with E-state index in [4.69, 9.17) is 0 Å². The molecule has 1 aliphatic heterocycles. The molecule has 2 atom stereocenters. The zero-order valence-electron chi connectivity index (χ0n) is 8.01. The van der Waals surface area contributed by atoms with Crippen LogP contribution in [0.3, 0.4) is 0 Å². The van der Waals surface area contributed by atoms with Crippen molar-refractivity contribution in [3.05, 3.63) is 35.4 Å². The number of fused-ring (bicyclic) bond motifs is 4. The van der Waals surface area contributed by atoms with Crippen LogP contribution < -0.4 is 5.32 Å². The first-order valence-electron chi connectivity index (χ1n) is 5.10. The molecular weight excluding hydrogens is 158 g/mol. The minimum absolute atomic E-state index is 0.416. The van der Waals surface area contributed by atoms with E-state index in [0.29, 0.717) is 5.41 Å². The lowest BCUT2D eigenvalue weighted by Gasteiger charge is -2.30. The van der Waals surface area contributed by atoms with Gasteiger partial charge in [0.25, 0.3) is 0 Å². The summed E-state index contributed by atoms with van der Waals surface area (Å²) in [5.74, 6) is 0. The lowest BCUT2D eigenvalue weighted by molar-refractivity contribution is 0.472. The lowest BCUT2D eigenvalue weighted by atomic mass is 9.73. The molecule has 1 nitrogen and oxygen atoms in total. The fraction of sp³-hybridized carbons (Fsp3) is 0.500. The second-order valence-corrected chi connectivity index (χ2v) is 4.70. The highest BCUT2D eigenvalue weighted by molar-refractivity contribution is 5.39. The van der Waals surface area contributed by atoms with E-state index >= 15 is 0 Å². The molecule has 0 radical (unpaired) electrons. The van der Waals surface area contributed by atoms with Crippen LogP contribution in [0.1, 0.15) is 24.5 Å². The molecule has 2 unspecified atom stereocenters. The minimum atomic E-state index is 0.416. The molecule has 2 aliphatic rings. The summed E-state index contributed by atoms with van der Waals surface area (Å²) in [6, 6.07) is 9.65. The van der Waals surface area contributed by atoms with Crippen molar-refractivity contribution in [2.75, 3.05) is 6.54 Å². The smallest absolute Gasteiger partial charge is 0.0117 e. The molecule has 0 spiro atoms. The molecule has 0 aromatic heterocycles. The first kappa shape index (κ1) is 7.57. The van der Waals surface area contributed by atoms with E-state index in [1.54, 1.807) is 11.1 Å². The molecule has 1 aliphatic carbocycles. The van der Waals surface area contributed by atoms with Crippen molar-refractivity contribution in [1.82, 2.24) is 5.32 Å². The highest BCUT2D eigenvalue weighted by Crippen LogP contribution is 2.40. The summed E-state index contributed by atoms with van der Waals surface area (Å²) in [6.45, 7) is 3.55. The third-order valence-corrected chi connectivity index (χ3v) is 3.61. The fourth-order valence-corrected chi connectivity index (χ4v) is 2.96. The lowest BCUT2D eigenvalue weighted by Crippen LogP contribution is -2.28. The summed E-state index contributed by atoms with van der Waals surface area (Å²) in [5.41, 5.74) is 3.56. The fourth-order valence-electron chi connectivity index (χ4n) is 2.96. The van der Waals surface area contributed by atoms with Gasteiger partial charge in [0.15, 0.2) is 0 Å². The van der Waals surface area contributed by atoms with Crippen molar-refractivity contribution in [1.29, 1.82) is 0 Å². The SMILES string of the molecule is CC12CNC(Cc3ccccc31)C2. The minimum Gasteiger partial charge on any atom is -0.313 e. The predicted octanol–water partition coefficient (Wildman–Crippen LogP) is 1.86. The molecule has 3 rings (SSSR count). The standard InChI is InChI=1S/C12H15N/c1-12-7-10(13-8-12)6-9-4-2-3-5-11(9)12/h2-5,10,13H,6-8H2,1H3. The zero-order chi connectivity index (χ0) is 8.89. The highest BCUT2D eigenvalue weighted by atomic mass is 15.0. The Bertz CT molecular complexity index is 345. The Morgan fingerprint density at radius 1 is 1.38 bits per heavy atom. The number of benzene rings is 1. The molecule has 1 aromatic rings. The summed E-state index contributed by atoms with van der Waals surface area (Å²) < 4.78 is 0. The van der Waals surface area contributed by atoms with Crippen molar-refractivity contribution in [2.24, 2.45) is 0 Å². The average Bonchev–Trinajstić information content (AvgIpc) is 2.44. The van der Waals surface area contributed by atoms with Gasteiger partial charge in [-0.1, -0.05) is 31.2 Å². The Balaban J connectivity index is 2.19. The first-order chi connectivity index (χ1) is 6.28. The van der Waals surface area contributed by atoms with Crippen LogP contribution in [0.5, 0.6) is 0 Å². The van der Waals surface area contributed by atoms with Gasteiger partial charge in [-0.15, -0.1) is 0 Å². The van der Waals surface area contributed by atoms with E-state index in [-0.39, 0.29) is 0 Å². The van der Waals surface area contributed by atoms with Gasteiger partial charge in [0.05, 0.1) is 0 Å². The van der Waals surface area contributed by atoms with E-state index < -0.39 is 0 Å². The van der Waals surface area contributed by atoms with Gasteiger partial charge in [-0.2, -0.15) is 0 Å². The third-order valence-electron chi connectivity index (χ3n) is 3.61. The molecule has 1 heteroatoms. The van der Waals surface area contributed by atoms with Crippen molar-refractivity contribution in [3.8, 4) is 0 Å². The second kappa shape index (κ2) is 2.36. The van der Waals surface area contributed by atoms with Gasteiger partial charge >= 0.3 is 0 Å². The van der Waals surface area contributed by atoms with Crippen LogP contribution in [0.4, 0.5) is 0 Å². The summed E-state index contributed by atoms with van der Waals surface area (Å²) in [4.78, 5) is 0. The number of nitrogens with one attached hydrogen (secondary N) is 1. The Labute approximate surface area is 79.2 Å². The Morgan fingerprint density at radius 3 is 3.15 bits per heavy atom. The summed E-state index contributed by atoms with van der Waals surface area (Å²) in [5, 5.41) is 3.61. The normalized spacial score (nSPS) is 35.9. The van der Waals surface area contributed by atoms with Gasteiger partial charge < -0.3 is 5.32 Å². The van der Waals surface area contributed by atoms with Gasteiger partial charge in [-0.05, 0) is 24.0 Å². The number of hydrogen-bond acceptors (Lipinski definition) is 1. The van der Waals surface area contributed by atoms with Gasteiger partial charge in [0.1, 0.15) is 0 Å². The van der Waals surface area contributed by atoms with Crippen LogP contribution >= 0.6 is 0 Å². The summed E-state index contributed by atoms with van der Waals surface area (Å²) >= 11 is 0. The van der Waals surface area contributed by atoms with Gasteiger partial charge in [0, 0.05) is 18.0 Å². The number of hydrogen-bond donors (Lipinski definition) is 1. The quantitative estimate of drug-likeness (QED) is 0.631. The molecule has 1 saturated heterocycles. The van der Waals surface area contributed by atoms with E-state index in [0.717, 1.165) is 12.6 Å². The largest absolute Gasteiger partial charge is 0.313 e. The maximum absolute atomic E-state index is 3.61. The molecule has 2 bridgehead atoms. The topological polar surface area (TPSA) is 12.0 Å². The van der Waals surface area contributed by atoms with E-state index in [1.807, 2.05) is 0 Å². The number of rotatable bonds is 0. The van der Waals surface area contributed by atoms with Gasteiger partial charge in [0.2, 0.25) is 0 Å². The predicted molar refractivity (Wildman–Crippen MR) is 53.9 cm³/mol. The Hall–Kier alpha value is -0.820. The Kier molecular flexibility index (Phi) is 1.37. The molecule has 68 valence electrons. The molecule has 0 amide bonds. The monoisotopic (exact) mass is 173 g/mol. The maximum Gasteiger partial charge on any atom is 0.0117 e. The van der Waals surface area contributed by atoms with Gasteiger partial charge in [-0.3, -0.25) is 0 Å². The van der Waals surface area contributed by atoms with Crippen LogP contribution in [0, 0.1) is 0 Å².